The van der Waals surface area contributed by atoms with Crippen molar-refractivity contribution in [1.82, 2.24) is 0 Å². The number of hydrogen-bond donors (Lipinski definition) is 0. The highest BCUT2D eigenvalue weighted by atomic mass is 16.1. The Labute approximate surface area is 48.0 Å². The molecule has 1 heteroatoms. The van der Waals surface area contributed by atoms with Gasteiger partial charge in [-0.2, -0.15) is 0 Å². The summed E-state index contributed by atoms with van der Waals surface area (Å²) in [4.78, 5) is 10.5. The molecule has 1 nitrogen and oxygen atoms in total. The molecular weight excluding hydrogens is 100 g/mol. The smallest absolute Gasteiger partial charge is 0.164 e. The summed E-state index contributed by atoms with van der Waals surface area (Å²) >= 11 is 0. The van der Waals surface area contributed by atoms with Gasteiger partial charge in [-0.3, -0.25) is 4.79 Å². The first-order chi connectivity index (χ1) is 3.89. The van der Waals surface area contributed by atoms with Crippen LogP contribution in [0.2, 0.25) is 0 Å². The monoisotopic (exact) mass is 106 g/mol. The highest BCUT2D eigenvalue weighted by Gasteiger charge is 1.93. The van der Waals surface area contributed by atoms with Gasteiger partial charge in [0.1, 0.15) is 0 Å². The zero-order chi connectivity index (χ0) is 5.82. The van der Waals surface area contributed by atoms with Gasteiger partial charge in [0.2, 0.25) is 0 Å². The van der Waals surface area contributed by atoms with Crippen LogP contribution in [0.4, 0.5) is 0 Å². The third-order valence-electron chi connectivity index (χ3n) is 0.954. The van der Waals surface area contributed by atoms with Crippen LogP contribution in [0.5, 0.6) is 0 Å². The Morgan fingerprint density at radius 1 is 1.50 bits per heavy atom. The van der Waals surface area contributed by atoms with E-state index in [-0.39, 0.29) is 5.78 Å². The van der Waals surface area contributed by atoms with Crippen LogP contribution in [0.3, 0.4) is 0 Å². The van der Waals surface area contributed by atoms with E-state index >= 15 is 0 Å². The molecule has 0 unspecified atom stereocenters. The van der Waals surface area contributed by atoms with Crippen LogP contribution in [0.1, 0.15) is 12.8 Å². The minimum Gasteiger partial charge on any atom is -0.294 e. The quantitative estimate of drug-likeness (QED) is 0.424. The summed E-state index contributed by atoms with van der Waals surface area (Å²) in [6, 6.07) is 0. The maximum Gasteiger partial charge on any atom is 0.164 e. The number of ketones is 1. The van der Waals surface area contributed by atoms with Gasteiger partial charge in [0.15, 0.2) is 5.78 Å². The van der Waals surface area contributed by atoms with Crippen LogP contribution in [-0.4, -0.2) is 5.78 Å². The maximum absolute atomic E-state index is 10.5. The van der Waals surface area contributed by atoms with E-state index in [1.807, 2.05) is 6.08 Å². The van der Waals surface area contributed by atoms with E-state index in [9.17, 15) is 4.79 Å². The predicted octanol–water partition coefficient (Wildman–Crippen LogP) is 1.22. The Morgan fingerprint density at radius 2 is 2.38 bits per heavy atom. The van der Waals surface area contributed by atoms with Crippen molar-refractivity contribution >= 4 is 5.78 Å². The molecule has 0 saturated heterocycles. The van der Waals surface area contributed by atoms with Gasteiger partial charge < -0.3 is 0 Å². The average Bonchev–Trinajstić information content (AvgIpc) is 1.94. The lowest BCUT2D eigenvalue weighted by molar-refractivity contribution is -0.114. The predicted molar refractivity (Wildman–Crippen MR) is 30.4 cm³/mol. The van der Waals surface area contributed by atoms with Gasteiger partial charge in [-0.25, -0.2) is 0 Å². The Balaban J connectivity index is 2.88. The fourth-order valence-electron chi connectivity index (χ4n) is 0.540. The molecule has 1 rings (SSSR count). The van der Waals surface area contributed by atoms with Crippen molar-refractivity contribution in [2.24, 2.45) is 0 Å². The molecule has 0 N–H and O–H groups in total. The molecular formula is C7H6O. The van der Waals surface area contributed by atoms with Crippen molar-refractivity contribution in [2.45, 2.75) is 12.8 Å². The Bertz CT molecular complexity index is 188. The molecule has 0 saturated carbocycles. The van der Waals surface area contributed by atoms with Crippen molar-refractivity contribution in [3.63, 3.8) is 0 Å². The van der Waals surface area contributed by atoms with Crippen molar-refractivity contribution in [3.8, 4) is 0 Å². The molecule has 0 aromatic carbocycles. The van der Waals surface area contributed by atoms with Gasteiger partial charge in [-0.05, 0) is 12.5 Å². The summed E-state index contributed by atoms with van der Waals surface area (Å²) in [5.41, 5.74) is 5.34. The molecule has 1 aliphatic rings. The molecule has 0 radical (unpaired) electrons. The van der Waals surface area contributed by atoms with E-state index in [1.165, 1.54) is 6.08 Å². The van der Waals surface area contributed by atoms with Crippen LogP contribution < -0.4 is 0 Å². The van der Waals surface area contributed by atoms with E-state index in [0.717, 1.165) is 6.42 Å². The highest BCUT2D eigenvalue weighted by Crippen LogP contribution is 1.94. The van der Waals surface area contributed by atoms with E-state index < -0.39 is 0 Å². The lowest BCUT2D eigenvalue weighted by Crippen LogP contribution is -1.87. The van der Waals surface area contributed by atoms with Gasteiger partial charge in [0.05, 0.1) is 0 Å². The number of allylic oxidation sites excluding steroid dienone is 2. The molecule has 0 atom stereocenters. The minimum absolute atomic E-state index is 0.145. The van der Waals surface area contributed by atoms with E-state index in [1.54, 1.807) is 0 Å². The van der Waals surface area contributed by atoms with Gasteiger partial charge in [0, 0.05) is 12.5 Å². The summed E-state index contributed by atoms with van der Waals surface area (Å²) < 4.78 is 0. The second-order valence-electron chi connectivity index (χ2n) is 1.64. The first-order valence-electron chi connectivity index (χ1n) is 2.58. The standard InChI is InChI=1S/C7H6O/c8-7-5-3-1-2-4-6-7/h1,6H,3,5H2. The summed E-state index contributed by atoms with van der Waals surface area (Å²) in [5.74, 6) is 0.145. The highest BCUT2D eigenvalue weighted by molar-refractivity contribution is 5.89. The molecule has 0 aromatic heterocycles. The Morgan fingerprint density at radius 3 is 3.25 bits per heavy atom. The lowest BCUT2D eigenvalue weighted by Gasteiger charge is -1.81. The zero-order valence-corrected chi connectivity index (χ0v) is 4.48. The maximum atomic E-state index is 10.5. The van der Waals surface area contributed by atoms with Crippen molar-refractivity contribution in [2.75, 3.05) is 0 Å². The molecule has 0 amide bonds. The normalized spacial score (nSPS) is 16.8. The van der Waals surface area contributed by atoms with Crippen LogP contribution in [0.25, 0.3) is 0 Å². The number of hydrogen-bond acceptors (Lipinski definition) is 1. The summed E-state index contributed by atoms with van der Waals surface area (Å²) in [6.45, 7) is 0. The largest absolute Gasteiger partial charge is 0.294 e. The van der Waals surface area contributed by atoms with Crippen molar-refractivity contribution < 1.29 is 4.79 Å². The van der Waals surface area contributed by atoms with Gasteiger partial charge in [-0.1, -0.05) is 11.5 Å². The molecule has 0 aliphatic heterocycles. The summed E-state index contributed by atoms with van der Waals surface area (Å²) in [6.07, 6.45) is 4.67. The molecule has 40 valence electrons. The number of carbonyl (C=O) groups excluding carboxylic acids is 1. The molecule has 0 bridgehead atoms. The SMILES string of the molecule is O=C1C=C=C=CCC1. The molecule has 0 spiro atoms. The zero-order valence-electron chi connectivity index (χ0n) is 4.48. The molecule has 1 aliphatic carbocycles. The van der Waals surface area contributed by atoms with Crippen molar-refractivity contribution in [3.05, 3.63) is 23.6 Å². The Hall–Kier alpha value is -1.03. The fourth-order valence-corrected chi connectivity index (χ4v) is 0.540. The van der Waals surface area contributed by atoms with Crippen LogP contribution in [0, 0.1) is 0 Å². The average molecular weight is 106 g/mol. The first-order valence-corrected chi connectivity index (χ1v) is 2.58. The first kappa shape index (κ1) is 5.11. The summed E-state index contributed by atoms with van der Waals surface area (Å²) in [7, 11) is 0. The molecule has 8 heavy (non-hydrogen) atoms. The van der Waals surface area contributed by atoms with Gasteiger partial charge >= 0.3 is 0 Å². The molecule has 0 fully saturated rings. The van der Waals surface area contributed by atoms with Crippen LogP contribution in [-0.2, 0) is 4.79 Å². The third kappa shape index (κ3) is 1.23. The number of rotatable bonds is 0. The Kier molecular flexibility index (Phi) is 1.48. The lowest BCUT2D eigenvalue weighted by atomic mass is 10.2. The molecule has 0 aromatic rings. The second-order valence-corrected chi connectivity index (χ2v) is 1.64. The fraction of sp³-hybridized carbons (Fsp3) is 0.286. The topological polar surface area (TPSA) is 17.1 Å². The molecule has 0 heterocycles. The van der Waals surface area contributed by atoms with Crippen molar-refractivity contribution in [1.29, 1.82) is 0 Å². The minimum atomic E-state index is 0.145. The second kappa shape index (κ2) is 2.32. The number of carbonyl (C=O) groups is 1. The van der Waals surface area contributed by atoms with Crippen LogP contribution >= 0.6 is 0 Å². The van der Waals surface area contributed by atoms with E-state index in [4.69, 9.17) is 0 Å². The van der Waals surface area contributed by atoms with E-state index in [0.29, 0.717) is 6.42 Å². The van der Waals surface area contributed by atoms with Crippen LogP contribution in [0.15, 0.2) is 23.6 Å². The third-order valence-corrected chi connectivity index (χ3v) is 0.954. The van der Waals surface area contributed by atoms with Gasteiger partial charge in [-0.15, -0.1) is 0 Å². The summed E-state index contributed by atoms with van der Waals surface area (Å²) in [5, 5.41) is 0. The van der Waals surface area contributed by atoms with Gasteiger partial charge in [0.25, 0.3) is 0 Å². The van der Waals surface area contributed by atoms with E-state index in [2.05, 4.69) is 11.5 Å².